The number of sulfonamides is 1. The molecule has 2 aromatic heterocycles. The van der Waals surface area contributed by atoms with Crippen molar-refractivity contribution in [1.29, 1.82) is 0 Å². The Bertz CT molecular complexity index is 1060. The Kier molecular flexibility index (Phi) is 5.34. The first-order valence-electron chi connectivity index (χ1n) is 8.34. The zero-order valence-electron chi connectivity index (χ0n) is 14.1. The number of carbonyl (C=O) groups is 1. The molecule has 0 saturated carbocycles. The van der Waals surface area contributed by atoms with Gasteiger partial charge in [-0.25, -0.2) is 13.4 Å². The molecule has 0 aliphatic carbocycles. The van der Waals surface area contributed by atoms with Gasteiger partial charge in [-0.15, -0.1) is 22.7 Å². The van der Waals surface area contributed by atoms with E-state index >= 15 is 0 Å². The lowest BCUT2D eigenvalue weighted by atomic mass is 10.2. The summed E-state index contributed by atoms with van der Waals surface area (Å²) in [6, 6.07) is 10.4. The summed E-state index contributed by atoms with van der Waals surface area (Å²) in [5.41, 5.74) is 0.903. The third-order valence-corrected chi connectivity index (χ3v) is 9.41. The van der Waals surface area contributed by atoms with Crippen LogP contribution >= 0.6 is 38.6 Å². The Labute approximate surface area is 173 Å². The maximum absolute atomic E-state index is 12.9. The number of fused-ring (bicyclic) bond motifs is 1. The highest BCUT2D eigenvalue weighted by atomic mass is 79.9. The van der Waals surface area contributed by atoms with Gasteiger partial charge in [0.2, 0.25) is 5.91 Å². The van der Waals surface area contributed by atoms with Crippen molar-refractivity contribution in [1.82, 2.24) is 14.6 Å². The van der Waals surface area contributed by atoms with E-state index in [9.17, 15) is 13.2 Å². The fourth-order valence-corrected chi connectivity index (χ4v) is 7.82. The number of thiazole rings is 1. The lowest BCUT2D eigenvalue weighted by Crippen LogP contribution is -2.45. The molecule has 1 unspecified atom stereocenters. The van der Waals surface area contributed by atoms with Crippen LogP contribution in [0, 0.1) is 0 Å². The summed E-state index contributed by atoms with van der Waals surface area (Å²) in [5, 5.41) is 3.66. The normalized spacial score (nSPS) is 18.2. The maximum Gasteiger partial charge on any atom is 0.253 e. The van der Waals surface area contributed by atoms with Crippen molar-refractivity contribution < 1.29 is 13.2 Å². The van der Waals surface area contributed by atoms with Crippen molar-refractivity contribution >= 4 is 64.8 Å². The van der Waals surface area contributed by atoms with E-state index in [4.69, 9.17) is 0 Å². The number of aromatic nitrogens is 1. The fraction of sp³-hybridized carbons (Fsp3) is 0.294. The second-order valence-corrected chi connectivity index (χ2v) is 11.8. The summed E-state index contributed by atoms with van der Waals surface area (Å²) in [5.74, 6) is -0.272. The first-order valence-corrected chi connectivity index (χ1v) is 12.2. The molecule has 0 bridgehead atoms. The van der Waals surface area contributed by atoms with Gasteiger partial charge in [0.25, 0.3) is 10.0 Å². The number of rotatable bonds is 5. The van der Waals surface area contributed by atoms with Gasteiger partial charge in [0.1, 0.15) is 15.3 Å². The van der Waals surface area contributed by atoms with E-state index in [-0.39, 0.29) is 10.1 Å². The van der Waals surface area contributed by atoms with Crippen molar-refractivity contribution in [2.24, 2.45) is 0 Å². The molecule has 10 heteroatoms. The molecule has 1 aliphatic heterocycles. The number of carbonyl (C=O) groups excluding carboxylic acids is 1. The smallest absolute Gasteiger partial charge is 0.253 e. The molecule has 1 aliphatic rings. The Balaban J connectivity index is 1.47. The molecule has 4 rings (SSSR count). The van der Waals surface area contributed by atoms with Crippen LogP contribution < -0.4 is 5.32 Å². The van der Waals surface area contributed by atoms with E-state index < -0.39 is 16.1 Å². The third kappa shape index (κ3) is 3.81. The predicted molar refractivity (Wildman–Crippen MR) is 110 cm³/mol. The number of hydrogen-bond acceptors (Lipinski definition) is 6. The molecule has 0 radical (unpaired) electrons. The van der Waals surface area contributed by atoms with Gasteiger partial charge in [-0.2, -0.15) is 4.31 Å². The fourth-order valence-electron chi connectivity index (χ4n) is 3.12. The highest BCUT2D eigenvalue weighted by Crippen LogP contribution is 2.32. The molecule has 27 heavy (non-hydrogen) atoms. The zero-order chi connectivity index (χ0) is 19.0. The lowest BCUT2D eigenvalue weighted by molar-refractivity contribution is -0.124. The van der Waals surface area contributed by atoms with Crippen LogP contribution in [-0.4, -0.2) is 36.2 Å². The summed E-state index contributed by atoms with van der Waals surface area (Å²) in [4.78, 5) is 17.2. The molecule has 1 amide bonds. The standard InChI is InChI=1S/C17H16BrN3O3S3/c18-14-7-8-16(26-14)27(23,24)21-9-3-5-12(21)17(22)19-10-15-20-11-4-1-2-6-13(11)25-15/h1-2,4,6-8,12H,3,5,9-10H2,(H,19,22). The SMILES string of the molecule is O=C(NCc1nc2ccccc2s1)C1CCCN1S(=O)(=O)c1ccc(Br)s1. The summed E-state index contributed by atoms with van der Waals surface area (Å²) >= 11 is 5.97. The minimum Gasteiger partial charge on any atom is -0.348 e. The Morgan fingerprint density at radius 2 is 2.07 bits per heavy atom. The molecule has 3 aromatic rings. The van der Waals surface area contributed by atoms with E-state index in [1.54, 1.807) is 12.1 Å². The van der Waals surface area contributed by atoms with Crippen LogP contribution in [0.15, 0.2) is 44.4 Å². The van der Waals surface area contributed by atoms with E-state index in [1.165, 1.54) is 15.6 Å². The van der Waals surface area contributed by atoms with E-state index in [0.29, 0.717) is 25.9 Å². The number of hydrogen-bond donors (Lipinski definition) is 1. The van der Waals surface area contributed by atoms with E-state index in [2.05, 4.69) is 26.2 Å². The van der Waals surface area contributed by atoms with Crippen LogP contribution in [0.3, 0.4) is 0 Å². The van der Waals surface area contributed by atoms with Crippen LogP contribution in [-0.2, 0) is 21.4 Å². The molecule has 0 spiro atoms. The summed E-state index contributed by atoms with van der Waals surface area (Å²) in [7, 11) is -3.67. The molecule has 1 saturated heterocycles. The van der Waals surface area contributed by atoms with Crippen LogP contribution in [0.2, 0.25) is 0 Å². The third-order valence-electron chi connectivity index (χ3n) is 4.37. The monoisotopic (exact) mass is 485 g/mol. The molecule has 3 heterocycles. The largest absolute Gasteiger partial charge is 0.348 e. The van der Waals surface area contributed by atoms with Gasteiger partial charge in [0.05, 0.1) is 20.5 Å². The topological polar surface area (TPSA) is 79.4 Å². The number of halogens is 1. The zero-order valence-corrected chi connectivity index (χ0v) is 18.1. The van der Waals surface area contributed by atoms with Crippen molar-refractivity contribution in [3.8, 4) is 0 Å². The minimum absolute atomic E-state index is 0.250. The number of thiophene rings is 1. The van der Waals surface area contributed by atoms with Crippen molar-refractivity contribution in [3.63, 3.8) is 0 Å². The van der Waals surface area contributed by atoms with Crippen LogP contribution in [0.5, 0.6) is 0 Å². The van der Waals surface area contributed by atoms with Crippen molar-refractivity contribution in [3.05, 3.63) is 45.2 Å². The highest BCUT2D eigenvalue weighted by Gasteiger charge is 2.40. The molecular weight excluding hydrogens is 470 g/mol. The van der Waals surface area contributed by atoms with Gasteiger partial charge in [0.15, 0.2) is 0 Å². The lowest BCUT2D eigenvalue weighted by Gasteiger charge is -2.22. The molecule has 1 fully saturated rings. The molecule has 6 nitrogen and oxygen atoms in total. The molecule has 1 atom stereocenters. The Morgan fingerprint density at radius 1 is 1.26 bits per heavy atom. The summed E-state index contributed by atoms with van der Waals surface area (Å²) in [6.45, 7) is 0.657. The second-order valence-electron chi connectivity index (χ2n) is 6.13. The second kappa shape index (κ2) is 7.59. The van der Waals surface area contributed by atoms with Crippen molar-refractivity contribution in [2.75, 3.05) is 6.54 Å². The number of nitrogens with zero attached hydrogens (tertiary/aromatic N) is 2. The molecule has 1 N–H and O–H groups in total. The first kappa shape index (κ1) is 19.0. The quantitative estimate of drug-likeness (QED) is 0.598. The number of amides is 1. The average molecular weight is 486 g/mol. The highest BCUT2D eigenvalue weighted by molar-refractivity contribution is 9.11. The maximum atomic E-state index is 12.9. The van der Waals surface area contributed by atoms with Crippen molar-refractivity contribution in [2.45, 2.75) is 29.6 Å². The van der Waals surface area contributed by atoms with Crippen LogP contribution in [0.25, 0.3) is 10.2 Å². The predicted octanol–water partition coefficient (Wildman–Crippen LogP) is 3.59. The molecule has 1 aromatic carbocycles. The van der Waals surface area contributed by atoms with Crippen LogP contribution in [0.4, 0.5) is 0 Å². The summed E-state index contributed by atoms with van der Waals surface area (Å²) in [6.07, 6.45) is 1.20. The van der Waals surface area contributed by atoms with Gasteiger partial charge < -0.3 is 5.32 Å². The first-order chi connectivity index (χ1) is 12.9. The molecule has 142 valence electrons. The number of nitrogens with one attached hydrogen (secondary N) is 1. The van der Waals surface area contributed by atoms with E-state index in [1.807, 2.05) is 24.3 Å². The van der Waals surface area contributed by atoms with Crippen LogP contribution in [0.1, 0.15) is 17.8 Å². The van der Waals surface area contributed by atoms with Gasteiger partial charge in [-0.3, -0.25) is 4.79 Å². The van der Waals surface area contributed by atoms with Gasteiger partial charge in [-0.05, 0) is 53.0 Å². The summed E-state index contributed by atoms with van der Waals surface area (Å²) < 4.78 is 29.1. The van der Waals surface area contributed by atoms with Gasteiger partial charge in [0, 0.05) is 6.54 Å². The van der Waals surface area contributed by atoms with Gasteiger partial charge >= 0.3 is 0 Å². The average Bonchev–Trinajstić information content (AvgIpc) is 3.38. The Morgan fingerprint density at radius 3 is 2.81 bits per heavy atom. The molecular formula is C17H16BrN3O3S3. The van der Waals surface area contributed by atoms with Gasteiger partial charge in [-0.1, -0.05) is 12.1 Å². The number of para-hydroxylation sites is 1. The Hall–Kier alpha value is -1.33. The van der Waals surface area contributed by atoms with E-state index in [0.717, 1.165) is 30.3 Å². The minimum atomic E-state index is -3.67. The number of benzene rings is 1.